The Hall–Kier alpha value is -1.92. The number of rotatable bonds is 3. The molecule has 2 aliphatic heterocycles. The van der Waals surface area contributed by atoms with Gasteiger partial charge < -0.3 is 14.3 Å². The van der Waals surface area contributed by atoms with Crippen LogP contribution < -0.4 is 0 Å². The van der Waals surface area contributed by atoms with Gasteiger partial charge in [-0.25, -0.2) is 0 Å². The van der Waals surface area contributed by atoms with Crippen molar-refractivity contribution in [2.75, 3.05) is 13.1 Å². The SMILES string of the molecule is Cc1nc(CCN2C(=O)C3CCCN3C(=O)C2C)no1. The summed E-state index contributed by atoms with van der Waals surface area (Å²) in [5.41, 5.74) is 0. The van der Waals surface area contributed by atoms with Gasteiger partial charge in [0, 0.05) is 26.4 Å². The van der Waals surface area contributed by atoms with E-state index in [-0.39, 0.29) is 17.9 Å². The highest BCUT2D eigenvalue weighted by Crippen LogP contribution is 2.26. The molecule has 7 heteroatoms. The average molecular weight is 278 g/mol. The maximum Gasteiger partial charge on any atom is 0.246 e. The summed E-state index contributed by atoms with van der Waals surface area (Å²) in [4.78, 5) is 32.2. The van der Waals surface area contributed by atoms with E-state index in [1.807, 2.05) is 0 Å². The van der Waals surface area contributed by atoms with E-state index >= 15 is 0 Å². The van der Waals surface area contributed by atoms with Gasteiger partial charge in [0.1, 0.15) is 12.1 Å². The molecule has 3 rings (SSSR count). The quantitative estimate of drug-likeness (QED) is 0.786. The second kappa shape index (κ2) is 4.88. The molecule has 0 aliphatic carbocycles. The van der Waals surface area contributed by atoms with Gasteiger partial charge in [-0.05, 0) is 19.8 Å². The lowest BCUT2D eigenvalue weighted by Crippen LogP contribution is -2.62. The minimum absolute atomic E-state index is 0.0508. The van der Waals surface area contributed by atoms with E-state index in [1.54, 1.807) is 23.6 Å². The van der Waals surface area contributed by atoms with Crippen molar-refractivity contribution in [3.05, 3.63) is 11.7 Å². The number of amides is 2. The first-order chi connectivity index (χ1) is 9.58. The molecular weight excluding hydrogens is 260 g/mol. The van der Waals surface area contributed by atoms with E-state index in [1.165, 1.54) is 0 Å². The second-order valence-corrected chi connectivity index (χ2v) is 5.38. The fraction of sp³-hybridized carbons (Fsp3) is 0.692. The number of fused-ring (bicyclic) bond motifs is 1. The fourth-order valence-corrected chi connectivity index (χ4v) is 3.01. The highest BCUT2D eigenvalue weighted by molar-refractivity contribution is 5.97. The van der Waals surface area contributed by atoms with Gasteiger partial charge in [0.2, 0.25) is 17.7 Å². The maximum atomic E-state index is 12.5. The van der Waals surface area contributed by atoms with Crippen molar-refractivity contribution in [1.82, 2.24) is 19.9 Å². The lowest BCUT2D eigenvalue weighted by molar-refractivity contribution is -0.158. The van der Waals surface area contributed by atoms with Crippen LogP contribution >= 0.6 is 0 Å². The third-order valence-corrected chi connectivity index (χ3v) is 4.07. The first-order valence-corrected chi connectivity index (χ1v) is 6.98. The molecule has 0 radical (unpaired) electrons. The molecule has 2 fully saturated rings. The Balaban J connectivity index is 1.71. The van der Waals surface area contributed by atoms with Crippen LogP contribution in [0, 0.1) is 6.92 Å². The van der Waals surface area contributed by atoms with Gasteiger partial charge in [-0.2, -0.15) is 4.98 Å². The van der Waals surface area contributed by atoms with Crippen molar-refractivity contribution < 1.29 is 14.1 Å². The zero-order chi connectivity index (χ0) is 14.3. The number of carbonyl (C=O) groups excluding carboxylic acids is 2. The van der Waals surface area contributed by atoms with Crippen LogP contribution in [0.3, 0.4) is 0 Å². The van der Waals surface area contributed by atoms with Crippen molar-refractivity contribution >= 4 is 11.8 Å². The van der Waals surface area contributed by atoms with Crippen molar-refractivity contribution in [3.8, 4) is 0 Å². The smallest absolute Gasteiger partial charge is 0.246 e. The standard InChI is InChI=1S/C13H18N4O3/c1-8-12(18)17-6-3-4-10(17)13(19)16(8)7-5-11-14-9(2)20-15-11/h8,10H,3-7H2,1-2H3. The summed E-state index contributed by atoms with van der Waals surface area (Å²) in [7, 11) is 0. The lowest BCUT2D eigenvalue weighted by Gasteiger charge is -2.40. The van der Waals surface area contributed by atoms with Crippen LogP contribution in [-0.4, -0.2) is 56.9 Å². The molecule has 2 aliphatic rings. The zero-order valence-corrected chi connectivity index (χ0v) is 11.7. The van der Waals surface area contributed by atoms with E-state index in [9.17, 15) is 9.59 Å². The van der Waals surface area contributed by atoms with Crippen LogP contribution in [0.5, 0.6) is 0 Å². The van der Waals surface area contributed by atoms with Crippen LogP contribution in [0.25, 0.3) is 0 Å². The molecule has 1 aromatic heterocycles. The molecule has 0 bridgehead atoms. The first kappa shape index (κ1) is 13.1. The number of hydrogen-bond acceptors (Lipinski definition) is 5. The van der Waals surface area contributed by atoms with E-state index in [4.69, 9.17) is 4.52 Å². The number of carbonyl (C=O) groups is 2. The molecule has 0 saturated carbocycles. The van der Waals surface area contributed by atoms with Crippen LogP contribution in [0.1, 0.15) is 31.5 Å². The molecule has 2 atom stereocenters. The van der Waals surface area contributed by atoms with Crippen molar-refractivity contribution in [2.45, 2.75) is 45.2 Å². The van der Waals surface area contributed by atoms with E-state index in [0.717, 1.165) is 12.8 Å². The minimum Gasteiger partial charge on any atom is -0.340 e. The van der Waals surface area contributed by atoms with Crippen molar-refractivity contribution in [1.29, 1.82) is 0 Å². The molecule has 3 heterocycles. The third-order valence-electron chi connectivity index (χ3n) is 4.07. The second-order valence-electron chi connectivity index (χ2n) is 5.38. The summed E-state index contributed by atoms with van der Waals surface area (Å²) in [6, 6.07) is -0.657. The number of aromatic nitrogens is 2. The predicted molar refractivity (Wildman–Crippen MR) is 68.6 cm³/mol. The zero-order valence-electron chi connectivity index (χ0n) is 11.7. The number of piperazine rings is 1. The fourth-order valence-electron chi connectivity index (χ4n) is 3.01. The summed E-state index contributed by atoms with van der Waals surface area (Å²) in [5.74, 6) is 1.19. The minimum atomic E-state index is -0.398. The molecule has 2 unspecified atom stereocenters. The molecule has 0 spiro atoms. The van der Waals surface area contributed by atoms with Gasteiger partial charge in [0.05, 0.1) is 0 Å². The first-order valence-electron chi connectivity index (χ1n) is 6.98. The summed E-state index contributed by atoms with van der Waals surface area (Å²) < 4.78 is 4.91. The summed E-state index contributed by atoms with van der Waals surface area (Å²) in [6.45, 7) is 4.67. The van der Waals surface area contributed by atoms with E-state index < -0.39 is 6.04 Å². The Bertz CT molecular complexity index is 541. The van der Waals surface area contributed by atoms with Gasteiger partial charge in [-0.3, -0.25) is 9.59 Å². The van der Waals surface area contributed by atoms with Gasteiger partial charge in [0.15, 0.2) is 5.82 Å². The highest BCUT2D eigenvalue weighted by atomic mass is 16.5. The van der Waals surface area contributed by atoms with Gasteiger partial charge in [-0.1, -0.05) is 5.16 Å². The maximum absolute atomic E-state index is 12.5. The molecule has 0 N–H and O–H groups in total. The lowest BCUT2D eigenvalue weighted by atomic mass is 10.1. The van der Waals surface area contributed by atoms with Gasteiger partial charge in [0.25, 0.3) is 0 Å². The molecule has 1 aromatic rings. The van der Waals surface area contributed by atoms with Crippen LogP contribution in [-0.2, 0) is 16.0 Å². The number of hydrogen-bond donors (Lipinski definition) is 0. The Morgan fingerprint density at radius 1 is 1.35 bits per heavy atom. The molecule has 2 amide bonds. The largest absolute Gasteiger partial charge is 0.340 e. The number of nitrogens with zero attached hydrogens (tertiary/aromatic N) is 4. The molecule has 0 aromatic carbocycles. The van der Waals surface area contributed by atoms with Crippen LogP contribution in [0.2, 0.25) is 0 Å². The average Bonchev–Trinajstić information content (AvgIpc) is 3.05. The third kappa shape index (κ3) is 2.07. The Morgan fingerprint density at radius 2 is 2.15 bits per heavy atom. The highest BCUT2D eigenvalue weighted by Gasteiger charge is 2.45. The molecule has 108 valence electrons. The molecule has 2 saturated heterocycles. The molecular formula is C13H18N4O3. The Kier molecular flexibility index (Phi) is 3.19. The van der Waals surface area contributed by atoms with Crippen LogP contribution in [0.15, 0.2) is 4.52 Å². The van der Waals surface area contributed by atoms with E-state index in [2.05, 4.69) is 10.1 Å². The predicted octanol–water partition coefficient (Wildman–Crippen LogP) is 0.142. The number of aryl methyl sites for hydroxylation is 1. The topological polar surface area (TPSA) is 79.5 Å². The van der Waals surface area contributed by atoms with E-state index in [0.29, 0.717) is 31.2 Å². The van der Waals surface area contributed by atoms with Crippen molar-refractivity contribution in [2.24, 2.45) is 0 Å². The van der Waals surface area contributed by atoms with Crippen molar-refractivity contribution in [3.63, 3.8) is 0 Å². The normalized spacial score (nSPS) is 26.3. The monoisotopic (exact) mass is 278 g/mol. The summed E-state index contributed by atoms with van der Waals surface area (Å²) >= 11 is 0. The van der Waals surface area contributed by atoms with Gasteiger partial charge >= 0.3 is 0 Å². The summed E-state index contributed by atoms with van der Waals surface area (Å²) in [5, 5.41) is 3.82. The molecule has 20 heavy (non-hydrogen) atoms. The Morgan fingerprint density at radius 3 is 2.85 bits per heavy atom. The Labute approximate surface area is 116 Å². The molecule has 7 nitrogen and oxygen atoms in total. The van der Waals surface area contributed by atoms with Crippen LogP contribution in [0.4, 0.5) is 0 Å². The summed E-state index contributed by atoms with van der Waals surface area (Å²) in [6.07, 6.45) is 2.19. The van der Waals surface area contributed by atoms with Gasteiger partial charge in [-0.15, -0.1) is 0 Å².